The van der Waals surface area contributed by atoms with Crippen LogP contribution in [0.2, 0.25) is 0 Å². The summed E-state index contributed by atoms with van der Waals surface area (Å²) in [6.45, 7) is 0.764. The fraction of sp³-hybridized carbons (Fsp3) is 0.345. The Hall–Kier alpha value is -4.39. The first-order valence-corrected chi connectivity index (χ1v) is 15.1. The van der Waals surface area contributed by atoms with Gasteiger partial charge in [0, 0.05) is 36.3 Å². The molecule has 0 atom stereocenters. The van der Waals surface area contributed by atoms with Crippen LogP contribution >= 0.6 is 0 Å². The Morgan fingerprint density at radius 1 is 1.14 bits per heavy atom. The van der Waals surface area contributed by atoms with Crippen LogP contribution in [0.5, 0.6) is 5.75 Å². The van der Waals surface area contributed by atoms with Gasteiger partial charge in [-0.1, -0.05) is 12.0 Å². The molecule has 1 aliphatic rings. The number of hydrogen-bond donors (Lipinski definition) is 3. The first kappa shape index (κ1) is 31.0. The number of hydrogen-bond acceptors (Lipinski definition) is 9. The van der Waals surface area contributed by atoms with Crippen molar-refractivity contribution in [1.82, 2.24) is 9.47 Å². The molecule has 11 nitrogen and oxygen atoms in total. The lowest BCUT2D eigenvalue weighted by atomic mass is 10.0. The molecule has 15 heteroatoms. The van der Waals surface area contributed by atoms with Gasteiger partial charge in [0.2, 0.25) is 10.0 Å². The Balaban J connectivity index is 1.32. The number of aromatic nitrogens is 1. The third-order valence-electron chi connectivity index (χ3n) is 7.20. The monoisotopic (exact) mass is 633 g/mol. The lowest BCUT2D eigenvalue weighted by Crippen LogP contribution is -2.38. The van der Waals surface area contributed by atoms with Gasteiger partial charge in [0.05, 0.1) is 42.0 Å². The Kier molecular flexibility index (Phi) is 8.95. The van der Waals surface area contributed by atoms with E-state index in [0.29, 0.717) is 34.6 Å². The average Bonchev–Trinajstić information content (AvgIpc) is 3.53. The maximum atomic E-state index is 13.6. The van der Waals surface area contributed by atoms with Crippen LogP contribution in [-0.4, -0.2) is 56.8 Å². The molecular formula is C29H30F3N5O6S. The number of piperidine rings is 1. The van der Waals surface area contributed by atoms with Gasteiger partial charge in [-0.2, -0.15) is 13.2 Å². The van der Waals surface area contributed by atoms with Crippen molar-refractivity contribution in [3.63, 3.8) is 0 Å². The molecule has 0 amide bonds. The third kappa shape index (κ3) is 7.57. The van der Waals surface area contributed by atoms with Gasteiger partial charge in [-0.05, 0) is 49.1 Å². The fourth-order valence-electron chi connectivity index (χ4n) is 5.15. The van der Waals surface area contributed by atoms with Crippen molar-refractivity contribution < 1.29 is 35.2 Å². The molecule has 2 aromatic carbocycles. The van der Waals surface area contributed by atoms with Gasteiger partial charge in [0.25, 0.3) is 0 Å². The summed E-state index contributed by atoms with van der Waals surface area (Å²) in [5.74, 6) is 5.65. The zero-order chi connectivity index (χ0) is 31.5. The molecule has 0 spiro atoms. The van der Waals surface area contributed by atoms with Crippen molar-refractivity contribution in [1.29, 1.82) is 0 Å². The molecule has 4 N–H and O–H groups in total. The van der Waals surface area contributed by atoms with E-state index in [1.54, 1.807) is 18.2 Å². The molecule has 4 aromatic rings. The molecule has 234 valence electrons. The van der Waals surface area contributed by atoms with E-state index in [4.69, 9.17) is 14.3 Å². The second-order valence-electron chi connectivity index (χ2n) is 10.3. The number of benzene rings is 2. The number of methoxy groups -OCH3 is 1. The molecule has 0 aliphatic carbocycles. The SMILES string of the molecule is COc1cc(S(N)(=O)=O)ccc1NCC#Cc1cc2c(NC3CCN(Cc4coc(=O)o4)CC3)cccc2n1CC(F)(F)F. The largest absolute Gasteiger partial charge is 0.518 e. The van der Waals surface area contributed by atoms with Crippen LogP contribution in [-0.2, 0) is 23.1 Å². The first-order chi connectivity index (χ1) is 20.9. The van der Waals surface area contributed by atoms with Gasteiger partial charge in [0.15, 0.2) is 5.76 Å². The molecule has 1 fully saturated rings. The molecular weight excluding hydrogens is 603 g/mol. The second-order valence-corrected chi connectivity index (χ2v) is 11.8. The van der Waals surface area contributed by atoms with Gasteiger partial charge in [0.1, 0.15) is 18.6 Å². The second kappa shape index (κ2) is 12.7. The number of anilines is 2. The van der Waals surface area contributed by atoms with E-state index in [9.17, 15) is 26.4 Å². The number of halogens is 3. The highest BCUT2D eigenvalue weighted by molar-refractivity contribution is 7.89. The predicted molar refractivity (Wildman–Crippen MR) is 157 cm³/mol. The lowest BCUT2D eigenvalue weighted by Gasteiger charge is -2.32. The van der Waals surface area contributed by atoms with Crippen LogP contribution in [0.4, 0.5) is 24.5 Å². The van der Waals surface area contributed by atoms with Gasteiger partial charge < -0.3 is 28.8 Å². The number of likely N-dealkylation sites (tertiary alicyclic amines) is 1. The van der Waals surface area contributed by atoms with E-state index in [1.807, 2.05) is 6.07 Å². The van der Waals surface area contributed by atoms with Crippen molar-refractivity contribution >= 4 is 32.3 Å². The highest BCUT2D eigenvalue weighted by Crippen LogP contribution is 2.32. The van der Waals surface area contributed by atoms with E-state index in [0.717, 1.165) is 30.5 Å². The molecule has 0 bridgehead atoms. The zero-order valence-electron chi connectivity index (χ0n) is 23.6. The van der Waals surface area contributed by atoms with Crippen LogP contribution in [0.3, 0.4) is 0 Å². The van der Waals surface area contributed by atoms with Gasteiger partial charge in [-0.15, -0.1) is 0 Å². The minimum absolute atomic E-state index is 0.0462. The number of nitrogens with zero attached hydrogens (tertiary/aromatic N) is 2. The molecule has 5 rings (SSSR count). The van der Waals surface area contributed by atoms with E-state index in [2.05, 4.69) is 31.8 Å². The number of rotatable bonds is 9. The molecule has 3 heterocycles. The maximum absolute atomic E-state index is 13.6. The predicted octanol–water partition coefficient (Wildman–Crippen LogP) is 3.95. The van der Waals surface area contributed by atoms with Crippen LogP contribution in [0.15, 0.2) is 67.3 Å². The van der Waals surface area contributed by atoms with E-state index >= 15 is 0 Å². The lowest BCUT2D eigenvalue weighted by molar-refractivity contribution is -0.140. The summed E-state index contributed by atoms with van der Waals surface area (Å²) in [6, 6.07) is 11.0. The van der Waals surface area contributed by atoms with Crippen LogP contribution in [0.25, 0.3) is 10.9 Å². The molecule has 44 heavy (non-hydrogen) atoms. The van der Waals surface area contributed by atoms with Gasteiger partial charge in [-0.3, -0.25) is 4.90 Å². The summed E-state index contributed by atoms with van der Waals surface area (Å²) in [4.78, 5) is 13.1. The van der Waals surface area contributed by atoms with Gasteiger partial charge >= 0.3 is 12.0 Å². The maximum Gasteiger partial charge on any atom is 0.518 e. The van der Waals surface area contributed by atoms with E-state index in [1.165, 1.54) is 31.6 Å². The molecule has 2 aromatic heterocycles. The Morgan fingerprint density at radius 2 is 1.91 bits per heavy atom. The van der Waals surface area contributed by atoms with Crippen LogP contribution < -0.4 is 26.3 Å². The van der Waals surface area contributed by atoms with Crippen molar-refractivity contribution in [3.8, 4) is 17.6 Å². The highest BCUT2D eigenvalue weighted by atomic mass is 32.2. The minimum Gasteiger partial charge on any atom is -0.495 e. The Bertz CT molecular complexity index is 1860. The molecule has 0 saturated carbocycles. The summed E-state index contributed by atoms with van der Waals surface area (Å²) < 4.78 is 80.1. The van der Waals surface area contributed by atoms with Gasteiger partial charge in [-0.25, -0.2) is 18.4 Å². The molecule has 0 unspecified atom stereocenters. The highest BCUT2D eigenvalue weighted by Gasteiger charge is 2.30. The summed E-state index contributed by atoms with van der Waals surface area (Å²) >= 11 is 0. The summed E-state index contributed by atoms with van der Waals surface area (Å²) in [5, 5.41) is 12.3. The number of primary sulfonamides is 1. The molecule has 1 aliphatic heterocycles. The van der Waals surface area contributed by atoms with E-state index < -0.39 is 28.6 Å². The number of ether oxygens (including phenoxy) is 1. The van der Waals surface area contributed by atoms with Crippen molar-refractivity contribution in [2.45, 2.75) is 43.0 Å². The van der Waals surface area contributed by atoms with E-state index in [-0.39, 0.29) is 28.9 Å². The topological polar surface area (TPSA) is 145 Å². The average molecular weight is 634 g/mol. The third-order valence-corrected chi connectivity index (χ3v) is 8.11. The quantitative estimate of drug-likeness (QED) is 0.233. The fourth-order valence-corrected chi connectivity index (χ4v) is 5.68. The summed E-state index contributed by atoms with van der Waals surface area (Å²) in [6.07, 6.45) is -1.60. The Morgan fingerprint density at radius 3 is 2.57 bits per heavy atom. The summed E-state index contributed by atoms with van der Waals surface area (Å²) in [7, 11) is -2.56. The van der Waals surface area contributed by atoms with Crippen LogP contribution in [0, 0.1) is 11.8 Å². The normalized spacial score (nSPS) is 14.8. The number of alkyl halides is 3. The molecule has 0 radical (unpaired) electrons. The number of nitrogens with one attached hydrogen (secondary N) is 2. The Labute approximate surface area is 250 Å². The standard InChI is InChI=1S/C29H30F3N5O6S/c1-41-27-15-22(44(33,39)40)7-8-25(27)34-11-3-4-20-14-23-24(5-2-6-26(23)37(20)18-29(30,31)32)35-19-9-12-36(13-10-19)16-21-17-42-28(38)43-21/h2,5-8,14-15,17,19,34-35H,9-13,16,18H2,1H3,(H2,33,39,40). The smallest absolute Gasteiger partial charge is 0.495 e. The number of fused-ring (bicyclic) bond motifs is 1. The van der Waals surface area contributed by atoms with Crippen molar-refractivity contribution in [3.05, 3.63) is 70.8 Å². The zero-order valence-corrected chi connectivity index (χ0v) is 24.4. The van der Waals surface area contributed by atoms with Crippen molar-refractivity contribution in [2.24, 2.45) is 5.14 Å². The van der Waals surface area contributed by atoms with Crippen molar-refractivity contribution in [2.75, 3.05) is 37.4 Å². The molecule has 1 saturated heterocycles. The number of sulfonamides is 1. The first-order valence-electron chi connectivity index (χ1n) is 13.6. The minimum atomic E-state index is -4.47. The number of nitrogens with two attached hydrogens (primary N) is 1. The van der Waals surface area contributed by atoms with Crippen LogP contribution in [0.1, 0.15) is 24.3 Å². The summed E-state index contributed by atoms with van der Waals surface area (Å²) in [5.41, 5.74) is 1.75.